The van der Waals surface area contributed by atoms with Crippen LogP contribution in [0.2, 0.25) is 0 Å². The Morgan fingerprint density at radius 2 is 2.19 bits per heavy atom. The first-order valence-corrected chi connectivity index (χ1v) is 7.98. The van der Waals surface area contributed by atoms with Crippen molar-refractivity contribution in [3.8, 4) is 17.0 Å². The number of hydrogen-bond acceptors (Lipinski definition) is 5. The van der Waals surface area contributed by atoms with E-state index in [4.69, 9.17) is 15.2 Å². The highest BCUT2D eigenvalue weighted by Gasteiger charge is 2.37. The number of benzene rings is 1. The number of nitrogens with two attached hydrogens (primary N) is 1. The predicted octanol–water partition coefficient (Wildman–Crippen LogP) is 2.34. The van der Waals surface area contributed by atoms with Gasteiger partial charge >= 0.3 is 6.09 Å². The van der Waals surface area contributed by atoms with Crippen LogP contribution in [0.3, 0.4) is 0 Å². The Hall–Kier alpha value is -3.16. The van der Waals surface area contributed by atoms with E-state index in [1.807, 2.05) is 0 Å². The Labute approximate surface area is 149 Å². The van der Waals surface area contributed by atoms with E-state index >= 15 is 0 Å². The van der Waals surface area contributed by atoms with Gasteiger partial charge in [-0.25, -0.2) is 14.2 Å². The Bertz CT molecular complexity index is 841. The number of hydrogen-bond donors (Lipinski definition) is 1. The van der Waals surface area contributed by atoms with Crippen LogP contribution in [-0.4, -0.2) is 36.7 Å². The first-order chi connectivity index (χ1) is 12.4. The first kappa shape index (κ1) is 17.7. The minimum Gasteiger partial charge on any atom is -0.481 e. The van der Waals surface area contributed by atoms with Crippen molar-refractivity contribution in [1.29, 1.82) is 0 Å². The standard InChI is InChI=1S/C18H18FN3O4/c1-10(17(20)23)15-9-22(18(24)26-15)12-4-5-13(14(19)7-12)11-3-6-16(25-2)21-8-11/h3-8,10,15H,9H2,1-2H3,(H2,20,23)/t10-,15?/m0/s1. The molecule has 7 nitrogen and oxygen atoms in total. The van der Waals surface area contributed by atoms with Crippen LogP contribution in [0, 0.1) is 11.7 Å². The van der Waals surface area contributed by atoms with E-state index in [0.29, 0.717) is 22.7 Å². The van der Waals surface area contributed by atoms with Crippen molar-refractivity contribution in [1.82, 2.24) is 4.98 Å². The van der Waals surface area contributed by atoms with Gasteiger partial charge in [-0.15, -0.1) is 0 Å². The summed E-state index contributed by atoms with van der Waals surface area (Å²) in [6, 6.07) is 7.75. The SMILES string of the molecule is COc1ccc(-c2ccc(N3CC([C@H](C)C(N)=O)OC3=O)cc2F)cn1. The molecule has 1 saturated heterocycles. The van der Waals surface area contributed by atoms with Crippen LogP contribution < -0.4 is 15.4 Å². The van der Waals surface area contributed by atoms with E-state index in [2.05, 4.69) is 4.98 Å². The lowest BCUT2D eigenvalue weighted by Crippen LogP contribution is -2.34. The molecule has 1 fully saturated rings. The lowest BCUT2D eigenvalue weighted by atomic mass is 10.0. The summed E-state index contributed by atoms with van der Waals surface area (Å²) in [5.74, 6) is -1.26. The fourth-order valence-corrected chi connectivity index (χ4v) is 2.71. The summed E-state index contributed by atoms with van der Waals surface area (Å²) < 4.78 is 24.7. The highest BCUT2D eigenvalue weighted by atomic mass is 19.1. The third-order valence-electron chi connectivity index (χ3n) is 4.36. The summed E-state index contributed by atoms with van der Waals surface area (Å²) in [7, 11) is 1.50. The van der Waals surface area contributed by atoms with Crippen LogP contribution in [0.15, 0.2) is 36.5 Å². The van der Waals surface area contributed by atoms with E-state index in [-0.39, 0.29) is 6.54 Å². The summed E-state index contributed by atoms with van der Waals surface area (Å²) in [6.45, 7) is 1.72. The van der Waals surface area contributed by atoms with Crippen LogP contribution in [0.25, 0.3) is 11.1 Å². The average molecular weight is 359 g/mol. The summed E-state index contributed by atoms with van der Waals surface area (Å²) in [4.78, 5) is 28.7. The molecule has 1 aliphatic heterocycles. The molecule has 1 aromatic carbocycles. The normalized spacial score (nSPS) is 17.7. The first-order valence-electron chi connectivity index (χ1n) is 7.98. The molecule has 0 saturated carbocycles. The van der Waals surface area contributed by atoms with E-state index in [1.165, 1.54) is 24.3 Å². The number of rotatable bonds is 5. The number of ether oxygens (including phenoxy) is 2. The number of cyclic esters (lactones) is 1. The maximum absolute atomic E-state index is 14.6. The number of aromatic nitrogens is 1. The Balaban J connectivity index is 1.83. The van der Waals surface area contributed by atoms with Gasteiger partial charge in [0.25, 0.3) is 0 Å². The molecular formula is C18H18FN3O4. The Morgan fingerprint density at radius 1 is 1.42 bits per heavy atom. The number of halogens is 1. The monoisotopic (exact) mass is 359 g/mol. The number of amides is 2. The zero-order valence-corrected chi connectivity index (χ0v) is 14.3. The van der Waals surface area contributed by atoms with Gasteiger partial charge in [0.15, 0.2) is 0 Å². The molecule has 2 N–H and O–H groups in total. The predicted molar refractivity (Wildman–Crippen MR) is 92.2 cm³/mol. The van der Waals surface area contributed by atoms with Crippen LogP contribution >= 0.6 is 0 Å². The maximum Gasteiger partial charge on any atom is 0.414 e. The van der Waals surface area contributed by atoms with Crippen molar-refractivity contribution in [2.45, 2.75) is 13.0 Å². The van der Waals surface area contributed by atoms with E-state index in [0.717, 1.165) is 0 Å². The van der Waals surface area contributed by atoms with Gasteiger partial charge in [-0.2, -0.15) is 0 Å². The molecule has 2 atom stereocenters. The smallest absolute Gasteiger partial charge is 0.414 e. The van der Waals surface area contributed by atoms with E-state index < -0.39 is 29.8 Å². The molecule has 1 unspecified atom stereocenters. The van der Waals surface area contributed by atoms with Gasteiger partial charge in [-0.05, 0) is 31.2 Å². The maximum atomic E-state index is 14.6. The second kappa shape index (κ2) is 6.99. The number of primary amides is 1. The molecule has 136 valence electrons. The number of pyridine rings is 1. The molecule has 1 aliphatic rings. The van der Waals surface area contributed by atoms with Crippen molar-refractivity contribution in [3.63, 3.8) is 0 Å². The van der Waals surface area contributed by atoms with Gasteiger partial charge in [0.05, 0.1) is 25.3 Å². The quantitative estimate of drug-likeness (QED) is 0.884. The lowest BCUT2D eigenvalue weighted by molar-refractivity contribution is -0.123. The van der Waals surface area contributed by atoms with Gasteiger partial charge in [0, 0.05) is 23.4 Å². The summed E-state index contributed by atoms with van der Waals surface area (Å²) in [5, 5.41) is 0. The molecule has 2 heterocycles. The Morgan fingerprint density at radius 3 is 2.77 bits per heavy atom. The highest BCUT2D eigenvalue weighted by Crippen LogP contribution is 2.30. The largest absolute Gasteiger partial charge is 0.481 e. The number of carbonyl (C=O) groups is 2. The van der Waals surface area contributed by atoms with Crippen LogP contribution in [0.5, 0.6) is 5.88 Å². The zero-order valence-electron chi connectivity index (χ0n) is 14.3. The minimum atomic E-state index is -0.659. The van der Waals surface area contributed by atoms with Gasteiger partial charge in [-0.3, -0.25) is 9.69 Å². The number of nitrogens with zero attached hydrogens (tertiary/aromatic N) is 2. The van der Waals surface area contributed by atoms with Crippen molar-refractivity contribution in [2.24, 2.45) is 11.7 Å². The second-order valence-corrected chi connectivity index (χ2v) is 5.98. The van der Waals surface area contributed by atoms with Crippen LogP contribution in [-0.2, 0) is 9.53 Å². The van der Waals surface area contributed by atoms with Crippen molar-refractivity contribution in [2.75, 3.05) is 18.6 Å². The molecule has 2 amide bonds. The molecule has 0 bridgehead atoms. The van der Waals surface area contributed by atoms with Crippen molar-refractivity contribution in [3.05, 3.63) is 42.3 Å². The molecule has 26 heavy (non-hydrogen) atoms. The van der Waals surface area contributed by atoms with Gasteiger partial charge in [0.2, 0.25) is 11.8 Å². The molecule has 0 radical (unpaired) electrons. The molecule has 1 aromatic heterocycles. The molecular weight excluding hydrogens is 341 g/mol. The fourth-order valence-electron chi connectivity index (χ4n) is 2.71. The number of methoxy groups -OCH3 is 1. The van der Waals surface area contributed by atoms with E-state index in [9.17, 15) is 14.0 Å². The molecule has 2 aromatic rings. The molecule has 3 rings (SSSR count). The van der Waals surface area contributed by atoms with Gasteiger partial charge in [-0.1, -0.05) is 0 Å². The molecule has 0 aliphatic carbocycles. The lowest BCUT2D eigenvalue weighted by Gasteiger charge is -2.15. The minimum absolute atomic E-state index is 0.131. The average Bonchev–Trinajstić information content (AvgIpc) is 3.02. The summed E-state index contributed by atoms with van der Waals surface area (Å²) >= 11 is 0. The van der Waals surface area contributed by atoms with Gasteiger partial charge in [0.1, 0.15) is 11.9 Å². The second-order valence-electron chi connectivity index (χ2n) is 5.98. The zero-order chi connectivity index (χ0) is 18.8. The third-order valence-corrected chi connectivity index (χ3v) is 4.36. The highest BCUT2D eigenvalue weighted by molar-refractivity contribution is 5.91. The van der Waals surface area contributed by atoms with Crippen molar-refractivity contribution < 1.29 is 23.5 Å². The third kappa shape index (κ3) is 3.30. The number of anilines is 1. The van der Waals surface area contributed by atoms with Crippen molar-refractivity contribution >= 4 is 17.7 Å². The fraction of sp³-hybridized carbons (Fsp3) is 0.278. The van der Waals surface area contributed by atoms with Gasteiger partial charge < -0.3 is 15.2 Å². The molecule has 8 heteroatoms. The van der Waals surface area contributed by atoms with E-state index in [1.54, 1.807) is 31.2 Å². The Kier molecular flexibility index (Phi) is 4.75. The van der Waals surface area contributed by atoms with Crippen LogP contribution in [0.4, 0.5) is 14.9 Å². The summed E-state index contributed by atoms with van der Waals surface area (Å²) in [5.41, 5.74) is 6.52. The summed E-state index contributed by atoms with van der Waals surface area (Å²) in [6.07, 6.45) is 0.209. The van der Waals surface area contributed by atoms with Crippen LogP contribution in [0.1, 0.15) is 6.92 Å². The topological polar surface area (TPSA) is 94.8 Å². The number of carbonyl (C=O) groups excluding carboxylic acids is 2. The molecule has 0 spiro atoms.